The van der Waals surface area contributed by atoms with Gasteiger partial charge in [-0.2, -0.15) is 5.10 Å². The van der Waals surface area contributed by atoms with Crippen LogP contribution in [0.5, 0.6) is 0 Å². The van der Waals surface area contributed by atoms with Crippen LogP contribution in [0.15, 0.2) is 24.3 Å². The van der Waals surface area contributed by atoms with E-state index < -0.39 is 0 Å². The Morgan fingerprint density at radius 3 is 2.23 bits per heavy atom. The number of aromatic amines is 1. The Morgan fingerprint density at radius 2 is 1.69 bits per heavy atom. The minimum atomic E-state index is -0.352. The van der Waals surface area contributed by atoms with Gasteiger partial charge in [-0.3, -0.25) is 5.10 Å². The first-order valence-electron chi connectivity index (χ1n) is 9.39. The van der Waals surface area contributed by atoms with Gasteiger partial charge in [-0.05, 0) is 46.1 Å². The molecule has 0 saturated carbocycles. The highest BCUT2D eigenvalue weighted by atomic mass is 16.7. The largest absolute Gasteiger partial charge is 0.494 e. The lowest BCUT2D eigenvalue weighted by atomic mass is 9.79. The van der Waals surface area contributed by atoms with E-state index in [1.807, 2.05) is 24.3 Å². The molecule has 1 aromatic heterocycles. The quantitative estimate of drug-likeness (QED) is 0.779. The highest BCUT2D eigenvalue weighted by molar-refractivity contribution is 6.62. The summed E-state index contributed by atoms with van der Waals surface area (Å²) in [7, 11) is -0.352. The molecule has 2 N–H and O–H groups in total. The molecule has 1 atom stereocenters. The predicted molar refractivity (Wildman–Crippen MR) is 104 cm³/mol. The first kappa shape index (κ1) is 19.1. The summed E-state index contributed by atoms with van der Waals surface area (Å²) in [6.07, 6.45) is 0.962. The van der Waals surface area contributed by atoms with Gasteiger partial charge in [-0.15, -0.1) is 0 Å². The number of rotatable bonds is 6. The SMILES string of the molecule is CCNC(CC)c1nc(-c2ccc(B3OC(C)(C)C(C)(C)O3)cc2)n[nH]1. The van der Waals surface area contributed by atoms with Gasteiger partial charge in [0.25, 0.3) is 0 Å². The molecule has 1 fully saturated rings. The predicted octanol–water partition coefficient (Wildman–Crippen LogP) is 2.83. The van der Waals surface area contributed by atoms with Crippen LogP contribution in [0.1, 0.15) is 59.8 Å². The van der Waals surface area contributed by atoms with Crippen LogP contribution < -0.4 is 10.8 Å². The van der Waals surface area contributed by atoms with Gasteiger partial charge in [-0.25, -0.2) is 4.98 Å². The summed E-state index contributed by atoms with van der Waals surface area (Å²) in [5, 5.41) is 10.8. The number of aromatic nitrogens is 3. The zero-order valence-electron chi connectivity index (χ0n) is 16.6. The van der Waals surface area contributed by atoms with Crippen molar-refractivity contribution in [1.82, 2.24) is 20.5 Å². The molecule has 2 aromatic rings. The molecule has 3 rings (SSSR count). The Bertz CT molecular complexity index is 726. The van der Waals surface area contributed by atoms with E-state index in [1.54, 1.807) is 0 Å². The molecule has 7 heteroatoms. The second-order valence-corrected chi connectivity index (χ2v) is 7.77. The molecule has 1 aromatic carbocycles. The lowest BCUT2D eigenvalue weighted by Gasteiger charge is -2.32. The average molecular weight is 356 g/mol. The maximum Gasteiger partial charge on any atom is 0.494 e. The Kier molecular flexibility index (Phi) is 5.24. The molecule has 0 bridgehead atoms. The molecular weight excluding hydrogens is 327 g/mol. The van der Waals surface area contributed by atoms with Crippen LogP contribution in [0.4, 0.5) is 0 Å². The first-order valence-corrected chi connectivity index (χ1v) is 9.39. The van der Waals surface area contributed by atoms with Crippen molar-refractivity contribution in [3.8, 4) is 11.4 Å². The maximum atomic E-state index is 6.10. The summed E-state index contributed by atoms with van der Waals surface area (Å²) in [4.78, 5) is 4.65. The topological polar surface area (TPSA) is 72.1 Å². The summed E-state index contributed by atoms with van der Waals surface area (Å²) in [5.41, 5.74) is 1.30. The second-order valence-electron chi connectivity index (χ2n) is 7.77. The third-order valence-corrected chi connectivity index (χ3v) is 5.39. The van der Waals surface area contributed by atoms with Crippen LogP contribution in [0.25, 0.3) is 11.4 Å². The number of hydrogen-bond donors (Lipinski definition) is 2. The number of benzene rings is 1. The van der Waals surface area contributed by atoms with Crippen molar-refractivity contribution >= 4 is 12.6 Å². The van der Waals surface area contributed by atoms with Crippen molar-refractivity contribution < 1.29 is 9.31 Å². The van der Waals surface area contributed by atoms with Gasteiger partial charge in [0.15, 0.2) is 5.82 Å². The molecule has 26 heavy (non-hydrogen) atoms. The standard InChI is InChI=1S/C19H29BN4O2/c1-7-15(21-8-2)17-22-16(23-24-17)13-9-11-14(12-10-13)20-25-18(3,4)19(5,6)26-20/h9-12,15,21H,7-8H2,1-6H3,(H,22,23,24). The number of nitrogens with zero attached hydrogens (tertiary/aromatic N) is 2. The summed E-state index contributed by atoms with van der Waals surface area (Å²) >= 11 is 0. The van der Waals surface area contributed by atoms with E-state index in [0.29, 0.717) is 5.82 Å². The Hall–Kier alpha value is -1.70. The highest BCUT2D eigenvalue weighted by Crippen LogP contribution is 2.36. The monoisotopic (exact) mass is 356 g/mol. The fraction of sp³-hybridized carbons (Fsp3) is 0.579. The van der Waals surface area contributed by atoms with Crippen LogP contribution in [-0.2, 0) is 9.31 Å². The van der Waals surface area contributed by atoms with Crippen LogP contribution in [0.2, 0.25) is 0 Å². The highest BCUT2D eigenvalue weighted by Gasteiger charge is 2.51. The van der Waals surface area contributed by atoms with Crippen LogP contribution in [-0.4, -0.2) is 40.0 Å². The smallest absolute Gasteiger partial charge is 0.399 e. The normalized spacial score (nSPS) is 19.7. The van der Waals surface area contributed by atoms with Gasteiger partial charge in [0, 0.05) is 5.56 Å². The molecule has 0 radical (unpaired) electrons. The molecule has 2 heterocycles. The lowest BCUT2D eigenvalue weighted by molar-refractivity contribution is 0.00578. The molecule has 0 amide bonds. The summed E-state index contributed by atoms with van der Waals surface area (Å²) in [6, 6.07) is 8.28. The number of nitrogens with one attached hydrogen (secondary N) is 2. The van der Waals surface area contributed by atoms with Crippen LogP contribution >= 0.6 is 0 Å². The van der Waals surface area contributed by atoms with Gasteiger partial charge >= 0.3 is 7.12 Å². The molecule has 0 spiro atoms. The van der Waals surface area contributed by atoms with Crippen molar-refractivity contribution in [1.29, 1.82) is 0 Å². The van der Waals surface area contributed by atoms with E-state index in [9.17, 15) is 0 Å². The summed E-state index contributed by atoms with van der Waals surface area (Å²) in [6.45, 7) is 13.4. The van der Waals surface area contributed by atoms with Gasteiger partial charge < -0.3 is 14.6 Å². The van der Waals surface area contributed by atoms with Gasteiger partial charge in [0.1, 0.15) is 5.82 Å². The molecule has 6 nitrogen and oxygen atoms in total. The number of hydrogen-bond acceptors (Lipinski definition) is 5. The van der Waals surface area contributed by atoms with E-state index in [-0.39, 0.29) is 24.4 Å². The number of H-pyrrole nitrogens is 1. The molecule has 1 unspecified atom stereocenters. The zero-order chi connectivity index (χ0) is 18.9. The summed E-state index contributed by atoms with van der Waals surface area (Å²) < 4.78 is 12.2. The maximum absolute atomic E-state index is 6.10. The fourth-order valence-corrected chi connectivity index (χ4v) is 3.01. The summed E-state index contributed by atoms with van der Waals surface area (Å²) in [5.74, 6) is 1.58. The van der Waals surface area contributed by atoms with Crippen molar-refractivity contribution in [2.24, 2.45) is 0 Å². The van der Waals surface area contributed by atoms with Gasteiger partial charge in [0.05, 0.1) is 17.2 Å². The molecule has 1 saturated heterocycles. The third kappa shape index (κ3) is 3.56. The second kappa shape index (κ2) is 7.14. The van der Waals surface area contributed by atoms with Gasteiger partial charge in [0.2, 0.25) is 0 Å². The first-order chi connectivity index (χ1) is 12.3. The van der Waals surface area contributed by atoms with Crippen molar-refractivity contribution in [2.45, 2.75) is 65.2 Å². The molecule has 1 aliphatic heterocycles. The van der Waals surface area contributed by atoms with Crippen LogP contribution in [0.3, 0.4) is 0 Å². The zero-order valence-corrected chi connectivity index (χ0v) is 16.6. The third-order valence-electron chi connectivity index (χ3n) is 5.39. The molecule has 0 aliphatic carbocycles. The molecule has 140 valence electrons. The molecular formula is C19H29BN4O2. The Balaban J connectivity index is 1.76. The van der Waals surface area contributed by atoms with Gasteiger partial charge in [-0.1, -0.05) is 38.1 Å². The van der Waals surface area contributed by atoms with E-state index in [0.717, 1.165) is 29.8 Å². The average Bonchev–Trinajstić information content (AvgIpc) is 3.16. The molecule has 1 aliphatic rings. The van der Waals surface area contributed by atoms with E-state index in [4.69, 9.17) is 9.31 Å². The van der Waals surface area contributed by atoms with Crippen molar-refractivity contribution in [2.75, 3.05) is 6.54 Å². The Morgan fingerprint density at radius 1 is 1.08 bits per heavy atom. The Labute approximate surface area is 156 Å². The van der Waals surface area contributed by atoms with Crippen LogP contribution in [0, 0.1) is 0 Å². The minimum Gasteiger partial charge on any atom is -0.399 e. The van der Waals surface area contributed by atoms with E-state index in [1.165, 1.54) is 0 Å². The van der Waals surface area contributed by atoms with E-state index >= 15 is 0 Å². The lowest BCUT2D eigenvalue weighted by Crippen LogP contribution is -2.41. The van der Waals surface area contributed by atoms with E-state index in [2.05, 4.69) is 62.0 Å². The minimum absolute atomic E-state index is 0.199. The fourth-order valence-electron chi connectivity index (χ4n) is 3.01. The van der Waals surface area contributed by atoms with Crippen molar-refractivity contribution in [3.63, 3.8) is 0 Å². The van der Waals surface area contributed by atoms with Crippen molar-refractivity contribution in [3.05, 3.63) is 30.1 Å².